The summed E-state index contributed by atoms with van der Waals surface area (Å²) in [4.78, 5) is 37.6. The van der Waals surface area contributed by atoms with Crippen LogP contribution in [-0.4, -0.2) is 74.3 Å². The second-order valence-corrected chi connectivity index (χ2v) is 23.0. The van der Waals surface area contributed by atoms with E-state index in [0.29, 0.717) is 17.4 Å². The van der Waals surface area contributed by atoms with Crippen LogP contribution in [0.4, 0.5) is 0 Å². The molecule has 0 bridgehead atoms. The Morgan fingerprint density at radius 1 is 0.493 bits per heavy atom. The molecule has 10 heteroatoms. The van der Waals surface area contributed by atoms with Crippen LogP contribution in [-0.2, 0) is 27.9 Å². The molecule has 3 unspecified atom stereocenters. The van der Waals surface area contributed by atoms with Crippen LogP contribution in [0.3, 0.4) is 0 Å². The Balaban J connectivity index is 5.32. The van der Waals surface area contributed by atoms with Crippen molar-refractivity contribution in [3.05, 3.63) is 24.3 Å². The molecule has 0 aromatic rings. The molecular weight excluding hydrogens is 880 g/mol. The van der Waals surface area contributed by atoms with Crippen LogP contribution < -0.4 is 5.32 Å². The van der Waals surface area contributed by atoms with E-state index in [4.69, 9.17) is 13.8 Å². The normalized spacial score (nSPS) is 13.9. The van der Waals surface area contributed by atoms with Crippen LogP contribution in [0.15, 0.2) is 24.3 Å². The molecule has 0 aromatic carbocycles. The van der Waals surface area contributed by atoms with E-state index in [1.165, 1.54) is 186 Å². The van der Waals surface area contributed by atoms with Crippen LogP contribution in [0.5, 0.6) is 0 Å². The van der Waals surface area contributed by atoms with Gasteiger partial charge in [0.05, 0.1) is 33.8 Å². The minimum Gasteiger partial charge on any atom is -0.456 e. The maximum Gasteiger partial charge on any atom is 0.472 e. The molecular formula is C59H116N2O7P+. The standard InChI is InChI=1S/C59H115N2O7P/c1-7-10-13-16-19-22-25-28-29-30-31-34-36-39-42-45-48-51-58(62)60-56(55-67-69(64,65)66-54-53-61(4,5)6)57(50-47-44-41-38-35-32-26-23-20-17-14-11-8-2)68-59(63)52-49-46-43-40-37-33-27-24-21-18-15-12-9-3/h33,37,47,50,56-57H,7-32,34-36,38-46,48-49,51-55H2,1-6H3,(H-,60,62,64,65)/p+1/b37-33-,50-47+. The van der Waals surface area contributed by atoms with Gasteiger partial charge in [-0.2, -0.15) is 0 Å². The summed E-state index contributed by atoms with van der Waals surface area (Å²) in [5, 5.41) is 3.05. The average Bonchev–Trinajstić information content (AvgIpc) is 3.31. The highest BCUT2D eigenvalue weighted by molar-refractivity contribution is 7.47. The predicted molar refractivity (Wildman–Crippen MR) is 296 cm³/mol. The van der Waals surface area contributed by atoms with Crippen molar-refractivity contribution in [2.45, 2.75) is 303 Å². The molecule has 408 valence electrons. The summed E-state index contributed by atoms with van der Waals surface area (Å²) in [7, 11) is 1.50. The zero-order chi connectivity index (χ0) is 50.8. The molecule has 0 aliphatic rings. The molecule has 0 fully saturated rings. The third-order valence-corrected chi connectivity index (χ3v) is 14.4. The molecule has 0 saturated carbocycles. The smallest absolute Gasteiger partial charge is 0.456 e. The van der Waals surface area contributed by atoms with Gasteiger partial charge in [0.25, 0.3) is 0 Å². The number of carbonyl (C=O) groups excluding carboxylic acids is 2. The molecule has 0 aliphatic heterocycles. The number of quaternary nitrogens is 1. The Labute approximate surface area is 428 Å². The van der Waals surface area contributed by atoms with Gasteiger partial charge in [0.1, 0.15) is 19.3 Å². The van der Waals surface area contributed by atoms with Crippen LogP contribution in [0.1, 0.15) is 290 Å². The number of esters is 1. The molecule has 0 spiro atoms. The fraction of sp³-hybridized carbons (Fsp3) is 0.898. The van der Waals surface area contributed by atoms with Gasteiger partial charge >= 0.3 is 13.8 Å². The molecule has 0 saturated heterocycles. The monoisotopic (exact) mass is 996 g/mol. The van der Waals surface area contributed by atoms with E-state index >= 15 is 0 Å². The SMILES string of the molecule is CCCCCCCC/C=C\CCCCCC(=O)OC(/C=C/CCCCCCCCCCCCC)C(COP(=O)(O)OCC[N+](C)(C)C)NC(=O)CCCCCCCCCCCCCCCCCCC. The number of allylic oxidation sites excluding steroid dienone is 3. The molecule has 9 nitrogen and oxygen atoms in total. The number of unbranched alkanes of at least 4 members (excludes halogenated alkanes) is 36. The number of ether oxygens (including phenoxy) is 1. The fourth-order valence-electron chi connectivity index (χ4n) is 8.76. The van der Waals surface area contributed by atoms with Crippen molar-refractivity contribution in [1.29, 1.82) is 0 Å². The second kappa shape index (κ2) is 50.0. The zero-order valence-electron chi connectivity index (χ0n) is 46.6. The molecule has 1 amide bonds. The number of amides is 1. The van der Waals surface area contributed by atoms with Gasteiger partial charge < -0.3 is 19.4 Å². The Hall–Kier alpha value is -1.51. The minimum absolute atomic E-state index is 0.0415. The van der Waals surface area contributed by atoms with Crippen molar-refractivity contribution < 1.29 is 37.3 Å². The summed E-state index contributed by atoms with van der Waals surface area (Å²) < 4.78 is 30.6. The molecule has 0 radical (unpaired) electrons. The maximum absolute atomic E-state index is 13.5. The zero-order valence-corrected chi connectivity index (χ0v) is 47.5. The van der Waals surface area contributed by atoms with E-state index < -0.39 is 20.0 Å². The molecule has 3 atom stereocenters. The van der Waals surface area contributed by atoms with Gasteiger partial charge in [0, 0.05) is 12.8 Å². The lowest BCUT2D eigenvalue weighted by atomic mass is 10.0. The lowest BCUT2D eigenvalue weighted by Gasteiger charge is -2.27. The van der Waals surface area contributed by atoms with E-state index in [2.05, 4.69) is 38.2 Å². The summed E-state index contributed by atoms with van der Waals surface area (Å²) in [5.74, 6) is -0.510. The molecule has 2 N–H and O–H groups in total. The summed E-state index contributed by atoms with van der Waals surface area (Å²) in [6.45, 7) is 7.03. The lowest BCUT2D eigenvalue weighted by molar-refractivity contribution is -0.870. The number of hydrogen-bond acceptors (Lipinski definition) is 6. The average molecular weight is 997 g/mol. The summed E-state index contributed by atoms with van der Waals surface area (Å²) in [5.41, 5.74) is 0. The lowest BCUT2D eigenvalue weighted by Crippen LogP contribution is -2.47. The number of nitrogens with zero attached hydrogens (tertiary/aromatic N) is 1. The predicted octanol–water partition coefficient (Wildman–Crippen LogP) is 17.8. The van der Waals surface area contributed by atoms with Gasteiger partial charge in [-0.05, 0) is 57.4 Å². The Morgan fingerprint density at radius 3 is 1.25 bits per heavy atom. The number of carbonyl (C=O) groups is 2. The van der Waals surface area contributed by atoms with Crippen molar-refractivity contribution in [1.82, 2.24) is 5.32 Å². The number of hydrogen-bond donors (Lipinski definition) is 2. The van der Waals surface area contributed by atoms with Crippen molar-refractivity contribution in [2.24, 2.45) is 0 Å². The third kappa shape index (κ3) is 51.2. The number of phosphoric ester groups is 1. The second-order valence-electron chi connectivity index (χ2n) is 21.5. The first-order valence-electron chi connectivity index (χ1n) is 29.7. The van der Waals surface area contributed by atoms with Crippen molar-refractivity contribution in [3.8, 4) is 0 Å². The topological polar surface area (TPSA) is 111 Å². The van der Waals surface area contributed by atoms with Crippen LogP contribution >= 0.6 is 7.82 Å². The fourth-order valence-corrected chi connectivity index (χ4v) is 9.50. The number of nitrogens with one attached hydrogen (secondary N) is 1. The van der Waals surface area contributed by atoms with Crippen LogP contribution in [0.2, 0.25) is 0 Å². The van der Waals surface area contributed by atoms with Gasteiger partial charge in [0.15, 0.2) is 0 Å². The minimum atomic E-state index is -4.44. The highest BCUT2D eigenvalue weighted by Gasteiger charge is 2.30. The van der Waals surface area contributed by atoms with E-state index in [0.717, 1.165) is 70.6 Å². The Kier molecular flexibility index (Phi) is 48.9. The maximum atomic E-state index is 13.5. The van der Waals surface area contributed by atoms with Gasteiger partial charge in [-0.25, -0.2) is 4.57 Å². The van der Waals surface area contributed by atoms with Gasteiger partial charge in [0.2, 0.25) is 5.91 Å². The van der Waals surface area contributed by atoms with Crippen molar-refractivity contribution in [3.63, 3.8) is 0 Å². The number of phosphoric acid groups is 1. The molecule has 69 heavy (non-hydrogen) atoms. The number of rotatable bonds is 54. The first kappa shape index (κ1) is 67.5. The number of likely N-dealkylation sites (N-methyl/N-ethyl adjacent to an activating group) is 1. The largest absolute Gasteiger partial charge is 0.472 e. The van der Waals surface area contributed by atoms with Crippen molar-refractivity contribution in [2.75, 3.05) is 40.9 Å². The quantitative estimate of drug-likeness (QED) is 0.0205. The van der Waals surface area contributed by atoms with E-state index in [9.17, 15) is 19.0 Å². The molecule has 0 aromatic heterocycles. The highest BCUT2D eigenvalue weighted by atomic mass is 31.2. The first-order valence-corrected chi connectivity index (χ1v) is 31.2. The van der Waals surface area contributed by atoms with E-state index in [1.807, 2.05) is 33.3 Å². The van der Waals surface area contributed by atoms with Crippen molar-refractivity contribution >= 4 is 19.7 Å². The van der Waals surface area contributed by atoms with E-state index in [-0.39, 0.29) is 31.5 Å². The van der Waals surface area contributed by atoms with Crippen LogP contribution in [0.25, 0.3) is 0 Å². The Morgan fingerprint density at radius 2 is 0.841 bits per heavy atom. The van der Waals surface area contributed by atoms with E-state index in [1.54, 1.807) is 0 Å². The first-order chi connectivity index (χ1) is 33.4. The summed E-state index contributed by atoms with van der Waals surface area (Å²) >= 11 is 0. The van der Waals surface area contributed by atoms with Gasteiger partial charge in [-0.15, -0.1) is 0 Å². The van der Waals surface area contributed by atoms with Gasteiger partial charge in [-0.1, -0.05) is 244 Å². The molecule has 0 rings (SSSR count). The van der Waals surface area contributed by atoms with Crippen LogP contribution in [0, 0.1) is 0 Å². The Bertz CT molecular complexity index is 1240. The van der Waals surface area contributed by atoms with Gasteiger partial charge in [-0.3, -0.25) is 18.6 Å². The third-order valence-electron chi connectivity index (χ3n) is 13.4. The summed E-state index contributed by atoms with van der Waals surface area (Å²) in [6, 6.07) is -0.847. The molecule has 0 aliphatic carbocycles. The highest BCUT2D eigenvalue weighted by Crippen LogP contribution is 2.43. The summed E-state index contributed by atoms with van der Waals surface area (Å²) in [6.07, 6.45) is 57.4. The molecule has 0 heterocycles.